The van der Waals surface area contributed by atoms with Gasteiger partial charge in [0.05, 0.1) is 6.04 Å². The molecule has 0 saturated carbocycles. The minimum absolute atomic E-state index is 0.220. The Kier molecular flexibility index (Phi) is 2.15. The first kappa shape index (κ1) is 7.64. The van der Waals surface area contributed by atoms with Crippen LogP contribution in [0.1, 0.15) is 11.6 Å². The Morgan fingerprint density at radius 1 is 1.36 bits per heavy atom. The summed E-state index contributed by atoms with van der Waals surface area (Å²) in [7, 11) is 0. The summed E-state index contributed by atoms with van der Waals surface area (Å²) >= 11 is 0. The second-order valence-corrected chi connectivity index (χ2v) is 2.24. The van der Waals surface area contributed by atoms with E-state index in [0.29, 0.717) is 0 Å². The highest BCUT2D eigenvalue weighted by Crippen LogP contribution is 2.13. The maximum atomic E-state index is 8.92. The highest BCUT2D eigenvalue weighted by atomic mass is 16.3. The molecule has 2 nitrogen and oxygen atoms in total. The van der Waals surface area contributed by atoms with E-state index in [9.17, 15) is 0 Å². The largest absolute Gasteiger partial charge is 0.508 e. The fourth-order valence-electron chi connectivity index (χ4n) is 0.778. The highest BCUT2D eigenvalue weighted by Gasteiger charge is 1.99. The molecule has 11 heavy (non-hydrogen) atoms. The van der Waals surface area contributed by atoms with Crippen LogP contribution in [0.25, 0.3) is 0 Å². The van der Waals surface area contributed by atoms with Crippen LogP contribution in [0.5, 0.6) is 5.75 Å². The smallest absolute Gasteiger partial charge is 0.115 e. The topological polar surface area (TPSA) is 46.2 Å². The van der Waals surface area contributed by atoms with Crippen molar-refractivity contribution < 1.29 is 5.11 Å². The molecule has 0 saturated heterocycles. The molecule has 0 aromatic heterocycles. The second-order valence-electron chi connectivity index (χ2n) is 2.24. The molecular formula is C9H9NO. The minimum Gasteiger partial charge on any atom is -0.508 e. The van der Waals surface area contributed by atoms with Crippen LogP contribution in [0.4, 0.5) is 0 Å². The molecule has 0 aliphatic rings. The number of hydrogen-bond donors (Lipinski definition) is 2. The maximum Gasteiger partial charge on any atom is 0.115 e. The summed E-state index contributed by atoms with van der Waals surface area (Å²) in [5.41, 5.74) is 6.36. The molecule has 0 unspecified atom stereocenters. The summed E-state index contributed by atoms with van der Waals surface area (Å²) in [6.07, 6.45) is 5.10. The summed E-state index contributed by atoms with van der Waals surface area (Å²) in [6, 6.07) is 6.16. The summed E-state index contributed by atoms with van der Waals surface area (Å²) in [5.74, 6) is 2.62. The van der Waals surface area contributed by atoms with Crippen molar-refractivity contribution in [3.8, 4) is 18.1 Å². The number of rotatable bonds is 1. The van der Waals surface area contributed by atoms with Crippen LogP contribution in [0.3, 0.4) is 0 Å². The number of hydrogen-bond acceptors (Lipinski definition) is 2. The van der Waals surface area contributed by atoms with Gasteiger partial charge in [0.2, 0.25) is 0 Å². The zero-order valence-electron chi connectivity index (χ0n) is 5.99. The normalized spacial score (nSPS) is 12.0. The van der Waals surface area contributed by atoms with Crippen molar-refractivity contribution in [3.05, 3.63) is 29.8 Å². The van der Waals surface area contributed by atoms with Gasteiger partial charge in [0.1, 0.15) is 5.75 Å². The lowest BCUT2D eigenvalue weighted by molar-refractivity contribution is 0.475. The molecule has 3 N–H and O–H groups in total. The van der Waals surface area contributed by atoms with Crippen molar-refractivity contribution in [2.24, 2.45) is 5.73 Å². The van der Waals surface area contributed by atoms with Gasteiger partial charge >= 0.3 is 0 Å². The first-order chi connectivity index (χ1) is 5.24. The molecule has 1 atom stereocenters. The lowest BCUT2D eigenvalue weighted by Gasteiger charge is -2.02. The summed E-state index contributed by atoms with van der Waals surface area (Å²) in [4.78, 5) is 0. The van der Waals surface area contributed by atoms with Gasteiger partial charge in [-0.2, -0.15) is 0 Å². The van der Waals surface area contributed by atoms with Crippen molar-refractivity contribution in [3.63, 3.8) is 0 Å². The summed E-state index contributed by atoms with van der Waals surface area (Å²) in [6.45, 7) is 0. The standard InChI is InChI=1S/C9H9NO/c1-2-9(10)7-3-5-8(11)6-4-7/h1,3-6,9,11H,10H2/t9-/m0/s1. The van der Waals surface area contributed by atoms with Crippen LogP contribution < -0.4 is 5.73 Å². The predicted molar refractivity (Wildman–Crippen MR) is 43.9 cm³/mol. The van der Waals surface area contributed by atoms with E-state index in [0.717, 1.165) is 5.56 Å². The van der Waals surface area contributed by atoms with Gasteiger partial charge in [-0.1, -0.05) is 18.1 Å². The van der Waals surface area contributed by atoms with Crippen molar-refractivity contribution >= 4 is 0 Å². The zero-order valence-corrected chi connectivity index (χ0v) is 5.99. The number of terminal acetylenes is 1. The van der Waals surface area contributed by atoms with Gasteiger partial charge in [-0.25, -0.2) is 0 Å². The number of phenolic OH excluding ortho intramolecular Hbond substituents is 1. The first-order valence-electron chi connectivity index (χ1n) is 3.24. The molecule has 0 spiro atoms. The van der Waals surface area contributed by atoms with Crippen molar-refractivity contribution in [1.82, 2.24) is 0 Å². The van der Waals surface area contributed by atoms with E-state index in [2.05, 4.69) is 5.92 Å². The fourth-order valence-corrected chi connectivity index (χ4v) is 0.778. The fraction of sp³-hybridized carbons (Fsp3) is 0.111. The molecule has 0 amide bonds. The Morgan fingerprint density at radius 3 is 2.36 bits per heavy atom. The van der Waals surface area contributed by atoms with Crippen LogP contribution in [0.15, 0.2) is 24.3 Å². The Hall–Kier alpha value is -1.46. The third kappa shape index (κ3) is 1.73. The van der Waals surface area contributed by atoms with Gasteiger partial charge in [0.15, 0.2) is 0 Å². The predicted octanol–water partition coefficient (Wildman–Crippen LogP) is 1.03. The molecular weight excluding hydrogens is 138 g/mol. The van der Waals surface area contributed by atoms with E-state index in [1.54, 1.807) is 24.3 Å². The highest BCUT2D eigenvalue weighted by molar-refractivity contribution is 5.30. The molecule has 0 aliphatic carbocycles. The Balaban J connectivity index is 2.92. The van der Waals surface area contributed by atoms with E-state index in [4.69, 9.17) is 17.3 Å². The van der Waals surface area contributed by atoms with Crippen LogP contribution in [-0.4, -0.2) is 5.11 Å². The SMILES string of the molecule is C#C[C@H](N)c1ccc(O)cc1. The van der Waals surface area contributed by atoms with Gasteiger partial charge in [-0.15, -0.1) is 6.42 Å². The van der Waals surface area contributed by atoms with Gasteiger partial charge in [-0.05, 0) is 17.7 Å². The molecule has 0 heterocycles. The van der Waals surface area contributed by atoms with Crippen molar-refractivity contribution in [2.45, 2.75) is 6.04 Å². The Morgan fingerprint density at radius 2 is 1.91 bits per heavy atom. The van der Waals surface area contributed by atoms with E-state index < -0.39 is 0 Å². The number of nitrogens with two attached hydrogens (primary N) is 1. The molecule has 0 aliphatic heterocycles. The molecule has 1 rings (SSSR count). The monoisotopic (exact) mass is 147 g/mol. The van der Waals surface area contributed by atoms with Crippen LogP contribution in [-0.2, 0) is 0 Å². The zero-order chi connectivity index (χ0) is 8.27. The minimum atomic E-state index is -0.379. The Bertz CT molecular complexity index is 271. The van der Waals surface area contributed by atoms with Crippen LogP contribution in [0, 0.1) is 12.3 Å². The van der Waals surface area contributed by atoms with Crippen molar-refractivity contribution in [1.29, 1.82) is 0 Å². The molecule has 0 radical (unpaired) electrons. The third-order valence-electron chi connectivity index (χ3n) is 1.43. The van der Waals surface area contributed by atoms with E-state index >= 15 is 0 Å². The van der Waals surface area contributed by atoms with Crippen LogP contribution in [0.2, 0.25) is 0 Å². The quantitative estimate of drug-likeness (QED) is 0.583. The van der Waals surface area contributed by atoms with Gasteiger partial charge < -0.3 is 10.8 Å². The first-order valence-corrected chi connectivity index (χ1v) is 3.24. The summed E-state index contributed by atoms with van der Waals surface area (Å²) in [5, 5.41) is 8.92. The van der Waals surface area contributed by atoms with Gasteiger partial charge in [-0.3, -0.25) is 0 Å². The van der Waals surface area contributed by atoms with E-state index in [1.807, 2.05) is 0 Å². The van der Waals surface area contributed by atoms with Crippen molar-refractivity contribution in [2.75, 3.05) is 0 Å². The lowest BCUT2D eigenvalue weighted by Crippen LogP contribution is -2.06. The van der Waals surface area contributed by atoms with Gasteiger partial charge in [0, 0.05) is 0 Å². The number of aromatic hydroxyl groups is 1. The number of benzene rings is 1. The van der Waals surface area contributed by atoms with E-state index in [-0.39, 0.29) is 11.8 Å². The summed E-state index contributed by atoms with van der Waals surface area (Å²) < 4.78 is 0. The molecule has 0 bridgehead atoms. The molecule has 1 aromatic carbocycles. The average molecular weight is 147 g/mol. The van der Waals surface area contributed by atoms with Crippen LogP contribution >= 0.6 is 0 Å². The molecule has 0 fully saturated rings. The lowest BCUT2D eigenvalue weighted by atomic mass is 10.1. The third-order valence-corrected chi connectivity index (χ3v) is 1.43. The molecule has 2 heteroatoms. The van der Waals surface area contributed by atoms with E-state index in [1.165, 1.54) is 0 Å². The average Bonchev–Trinajstić information content (AvgIpc) is 2.05. The molecule has 1 aromatic rings. The molecule has 56 valence electrons. The number of phenols is 1. The second kappa shape index (κ2) is 3.09. The van der Waals surface area contributed by atoms with Gasteiger partial charge in [0.25, 0.3) is 0 Å². The maximum absolute atomic E-state index is 8.92. The Labute approximate surface area is 65.7 Å².